The second kappa shape index (κ2) is 2.15. The van der Waals surface area contributed by atoms with E-state index in [9.17, 15) is 4.79 Å². The summed E-state index contributed by atoms with van der Waals surface area (Å²) in [7, 11) is 0. The highest BCUT2D eigenvalue weighted by Crippen LogP contribution is 2.56. The number of rotatable bonds is 0. The van der Waals surface area contributed by atoms with Crippen molar-refractivity contribution < 1.29 is 9.53 Å². The Kier molecular flexibility index (Phi) is 1.35. The summed E-state index contributed by atoms with van der Waals surface area (Å²) >= 11 is 2.38. The van der Waals surface area contributed by atoms with Crippen LogP contribution in [0.2, 0.25) is 0 Å². The normalized spacial score (nSPS) is 61.0. The Morgan fingerprint density at radius 1 is 1.50 bits per heavy atom. The molecule has 2 aliphatic carbocycles. The van der Waals surface area contributed by atoms with E-state index in [0.29, 0.717) is 15.8 Å². The van der Waals surface area contributed by atoms with Gasteiger partial charge in [-0.2, -0.15) is 0 Å². The minimum absolute atomic E-state index is 0.0333. The van der Waals surface area contributed by atoms with Crippen molar-refractivity contribution in [2.45, 2.75) is 22.5 Å². The van der Waals surface area contributed by atoms with Gasteiger partial charge < -0.3 is 10.5 Å². The summed E-state index contributed by atoms with van der Waals surface area (Å²) in [6, 6.07) is 0.0724. The molecule has 0 aromatic rings. The summed E-state index contributed by atoms with van der Waals surface area (Å²) in [5.41, 5.74) is 5.98. The third kappa shape index (κ3) is 0.652. The molecule has 2 saturated carbocycles. The van der Waals surface area contributed by atoms with Crippen molar-refractivity contribution >= 4 is 28.6 Å². The Morgan fingerprint density at radius 3 is 2.92 bits per heavy atom. The molecule has 0 radical (unpaired) electrons. The predicted octanol–water partition coefficient (Wildman–Crippen LogP) is 0.309. The van der Waals surface area contributed by atoms with E-state index in [2.05, 4.69) is 22.6 Å². The van der Waals surface area contributed by atoms with Gasteiger partial charge in [-0.3, -0.25) is 4.79 Å². The highest BCUT2D eigenvalue weighted by Gasteiger charge is 2.64. The third-order valence-corrected chi connectivity index (χ3v) is 5.22. The number of fused-ring (bicyclic) bond motifs is 1. The zero-order valence-electron chi connectivity index (χ0n) is 6.44. The fourth-order valence-corrected chi connectivity index (χ4v) is 4.48. The zero-order valence-corrected chi connectivity index (χ0v) is 8.60. The van der Waals surface area contributed by atoms with E-state index >= 15 is 0 Å². The zero-order chi connectivity index (χ0) is 8.46. The summed E-state index contributed by atoms with van der Waals surface area (Å²) in [6.07, 6.45) is 1.29. The van der Waals surface area contributed by atoms with Gasteiger partial charge in [0.05, 0.1) is 9.84 Å². The Bertz CT molecular complexity index is 257. The SMILES string of the molecule is N[C@@H]1[C@@H]2C[C@H]3[C@H](OC(=O)[C@@H]13)[C@H]2I. The first-order chi connectivity index (χ1) is 5.70. The lowest BCUT2D eigenvalue weighted by Crippen LogP contribution is -2.42. The predicted molar refractivity (Wildman–Crippen MR) is 50.8 cm³/mol. The molecule has 4 heteroatoms. The van der Waals surface area contributed by atoms with Crippen molar-refractivity contribution in [3.8, 4) is 0 Å². The molecule has 2 N–H and O–H groups in total. The van der Waals surface area contributed by atoms with Crippen molar-refractivity contribution in [1.29, 1.82) is 0 Å². The first-order valence-electron chi connectivity index (χ1n) is 4.30. The van der Waals surface area contributed by atoms with Crippen molar-refractivity contribution in [3.05, 3.63) is 0 Å². The lowest BCUT2D eigenvalue weighted by molar-refractivity contribution is -0.143. The smallest absolute Gasteiger partial charge is 0.311 e. The third-order valence-electron chi connectivity index (χ3n) is 3.58. The molecule has 0 aromatic heterocycles. The second-order valence-electron chi connectivity index (χ2n) is 4.01. The van der Waals surface area contributed by atoms with Crippen LogP contribution in [-0.4, -0.2) is 22.0 Å². The number of carbonyl (C=O) groups is 1. The quantitative estimate of drug-likeness (QED) is 0.394. The molecule has 3 aliphatic rings. The standard InChI is InChI=1S/C8H10INO2/c9-5-3-1-2-4(6(3)10)8(11)12-7(2)5/h2-7H,1,10H2/t2-,3-,4-,5+,6-,7+/m1/s1. The van der Waals surface area contributed by atoms with E-state index in [4.69, 9.17) is 10.5 Å². The fraction of sp³-hybridized carbons (Fsp3) is 0.875. The van der Waals surface area contributed by atoms with Gasteiger partial charge in [0.25, 0.3) is 0 Å². The Labute approximate surface area is 84.2 Å². The summed E-state index contributed by atoms with van der Waals surface area (Å²) < 4.78 is 5.76. The molecule has 0 spiro atoms. The van der Waals surface area contributed by atoms with Crippen LogP contribution in [0, 0.1) is 17.8 Å². The van der Waals surface area contributed by atoms with Gasteiger partial charge >= 0.3 is 5.97 Å². The van der Waals surface area contributed by atoms with Crippen LogP contribution in [0.5, 0.6) is 0 Å². The lowest BCUT2D eigenvalue weighted by atomic mass is 9.86. The molecule has 1 heterocycles. The average Bonchev–Trinajstić information content (AvgIpc) is 2.56. The van der Waals surface area contributed by atoms with Crippen molar-refractivity contribution in [1.82, 2.24) is 0 Å². The summed E-state index contributed by atoms with van der Waals surface area (Å²) in [5.74, 6) is 0.960. The topological polar surface area (TPSA) is 52.3 Å². The first kappa shape index (κ1) is 7.55. The second-order valence-corrected chi connectivity index (χ2v) is 5.45. The largest absolute Gasteiger partial charge is 0.461 e. The molecule has 3 nitrogen and oxygen atoms in total. The number of alkyl halides is 1. The maximum atomic E-state index is 11.3. The van der Waals surface area contributed by atoms with Gasteiger partial charge in [0.15, 0.2) is 0 Å². The maximum absolute atomic E-state index is 11.3. The summed E-state index contributed by atoms with van der Waals surface area (Å²) in [6.45, 7) is 0. The van der Waals surface area contributed by atoms with Gasteiger partial charge in [0.1, 0.15) is 6.10 Å². The van der Waals surface area contributed by atoms with Crippen molar-refractivity contribution in [2.24, 2.45) is 23.5 Å². The van der Waals surface area contributed by atoms with Gasteiger partial charge in [-0.15, -0.1) is 0 Å². The number of hydrogen-bond donors (Lipinski definition) is 1. The van der Waals surface area contributed by atoms with Crippen LogP contribution in [0.15, 0.2) is 0 Å². The highest BCUT2D eigenvalue weighted by atomic mass is 127. The number of ether oxygens (including phenoxy) is 1. The van der Waals surface area contributed by atoms with Crippen LogP contribution in [0.4, 0.5) is 0 Å². The van der Waals surface area contributed by atoms with Crippen LogP contribution in [0.1, 0.15) is 6.42 Å². The summed E-state index contributed by atoms with van der Waals surface area (Å²) in [4.78, 5) is 11.3. The minimum Gasteiger partial charge on any atom is -0.461 e. The highest BCUT2D eigenvalue weighted by molar-refractivity contribution is 14.1. The molecule has 1 aliphatic heterocycles. The van der Waals surface area contributed by atoms with E-state index in [1.807, 2.05) is 0 Å². The fourth-order valence-electron chi connectivity index (χ4n) is 3.03. The van der Waals surface area contributed by atoms with E-state index in [0.717, 1.165) is 6.42 Å². The number of hydrogen-bond acceptors (Lipinski definition) is 3. The van der Waals surface area contributed by atoms with Gasteiger partial charge in [0, 0.05) is 12.0 Å². The van der Waals surface area contributed by atoms with Crippen LogP contribution < -0.4 is 5.73 Å². The van der Waals surface area contributed by atoms with E-state index in [-0.39, 0.29) is 24.0 Å². The molecule has 66 valence electrons. The minimum atomic E-state index is -0.0424. The van der Waals surface area contributed by atoms with E-state index < -0.39 is 0 Å². The molecule has 3 fully saturated rings. The van der Waals surface area contributed by atoms with Gasteiger partial charge in [-0.1, -0.05) is 22.6 Å². The molecule has 0 amide bonds. The van der Waals surface area contributed by atoms with Crippen LogP contribution >= 0.6 is 22.6 Å². The monoisotopic (exact) mass is 279 g/mol. The molecule has 1 saturated heterocycles. The molecule has 12 heavy (non-hydrogen) atoms. The number of nitrogens with two attached hydrogens (primary N) is 1. The Hall–Kier alpha value is 0.160. The van der Waals surface area contributed by atoms with Gasteiger partial charge in [-0.25, -0.2) is 0 Å². The van der Waals surface area contributed by atoms with Crippen molar-refractivity contribution in [3.63, 3.8) is 0 Å². The van der Waals surface area contributed by atoms with Gasteiger partial charge in [0.2, 0.25) is 0 Å². The van der Waals surface area contributed by atoms with Gasteiger partial charge in [-0.05, 0) is 12.3 Å². The van der Waals surface area contributed by atoms with E-state index in [1.165, 1.54) is 0 Å². The van der Waals surface area contributed by atoms with Crippen LogP contribution in [-0.2, 0) is 9.53 Å². The average molecular weight is 279 g/mol. The molecule has 0 unspecified atom stereocenters. The van der Waals surface area contributed by atoms with Crippen LogP contribution in [0.3, 0.4) is 0 Å². The molecule has 3 rings (SSSR count). The molecular weight excluding hydrogens is 269 g/mol. The number of esters is 1. The molecule has 0 aromatic carbocycles. The number of carbonyl (C=O) groups excluding carboxylic acids is 1. The Morgan fingerprint density at radius 2 is 2.25 bits per heavy atom. The first-order valence-corrected chi connectivity index (χ1v) is 5.55. The molecular formula is C8H10INO2. The van der Waals surface area contributed by atoms with Crippen molar-refractivity contribution in [2.75, 3.05) is 0 Å². The summed E-state index contributed by atoms with van der Waals surface area (Å²) in [5, 5.41) is 0. The Balaban J connectivity index is 2.06. The maximum Gasteiger partial charge on any atom is 0.311 e. The molecule has 2 bridgehead atoms. The van der Waals surface area contributed by atoms with Crippen LogP contribution in [0.25, 0.3) is 0 Å². The molecule has 6 atom stereocenters. The number of halogens is 1. The lowest BCUT2D eigenvalue weighted by Gasteiger charge is -2.24. The van der Waals surface area contributed by atoms with E-state index in [1.54, 1.807) is 0 Å².